The van der Waals surface area contributed by atoms with Crippen LogP contribution in [-0.2, 0) is 26.6 Å². The van der Waals surface area contributed by atoms with E-state index in [1.54, 1.807) is 11.9 Å². The van der Waals surface area contributed by atoms with Gasteiger partial charge < -0.3 is 20.9 Å². The Bertz CT molecular complexity index is 1030. The third kappa shape index (κ3) is 4.87. The van der Waals surface area contributed by atoms with Crippen LogP contribution in [0.4, 0.5) is 0 Å². The van der Waals surface area contributed by atoms with Crippen LogP contribution in [0.5, 0.6) is 0 Å². The number of aromatic nitrogens is 1. The van der Waals surface area contributed by atoms with Gasteiger partial charge in [0.1, 0.15) is 5.69 Å². The van der Waals surface area contributed by atoms with Crippen LogP contribution in [0.2, 0.25) is 0 Å². The average Bonchev–Trinajstić information content (AvgIpc) is 3.06. The lowest BCUT2D eigenvalue weighted by molar-refractivity contribution is 0.0942. The zero-order valence-electron chi connectivity index (χ0n) is 18.1. The van der Waals surface area contributed by atoms with E-state index in [1.165, 1.54) is 22.9 Å². The first-order chi connectivity index (χ1) is 15.1. The Morgan fingerprint density at radius 3 is 3.13 bits per heavy atom. The van der Waals surface area contributed by atoms with E-state index in [1.807, 2.05) is 23.8 Å². The van der Waals surface area contributed by atoms with Gasteiger partial charge in [-0.05, 0) is 66.9 Å². The zero-order chi connectivity index (χ0) is 21.8. The van der Waals surface area contributed by atoms with E-state index in [-0.39, 0.29) is 5.91 Å². The van der Waals surface area contributed by atoms with E-state index < -0.39 is 0 Å². The number of fused-ring (bicyclic) bond motifs is 1. The lowest BCUT2D eigenvalue weighted by Gasteiger charge is -2.24. The Hall–Kier alpha value is -2.55. The van der Waals surface area contributed by atoms with E-state index in [0.29, 0.717) is 12.2 Å². The van der Waals surface area contributed by atoms with Crippen LogP contribution < -0.4 is 16.4 Å². The molecule has 0 aliphatic carbocycles. The third-order valence-corrected chi connectivity index (χ3v) is 7.10. The van der Waals surface area contributed by atoms with Crippen LogP contribution in [-0.4, -0.2) is 46.7 Å². The summed E-state index contributed by atoms with van der Waals surface area (Å²) >= 11 is 1.67. The number of amides is 1. The molecule has 2 aromatic rings. The molecule has 164 valence electrons. The van der Waals surface area contributed by atoms with Gasteiger partial charge in [-0.2, -0.15) is 0 Å². The molecule has 0 radical (unpaired) electrons. The van der Waals surface area contributed by atoms with E-state index in [4.69, 9.17) is 5.73 Å². The van der Waals surface area contributed by atoms with Gasteiger partial charge >= 0.3 is 0 Å². The zero-order valence-corrected chi connectivity index (χ0v) is 19.0. The van der Waals surface area contributed by atoms with Crippen molar-refractivity contribution >= 4 is 23.6 Å². The van der Waals surface area contributed by atoms with Gasteiger partial charge in [-0.25, -0.2) is 4.31 Å². The smallest absolute Gasteiger partial charge is 0.268 e. The monoisotopic (exact) mass is 438 g/mol. The van der Waals surface area contributed by atoms with E-state index in [9.17, 15) is 4.79 Å². The normalized spacial score (nSPS) is 16.9. The maximum absolute atomic E-state index is 13.0. The summed E-state index contributed by atoms with van der Waals surface area (Å²) in [5.74, 6) is -0.0502. The van der Waals surface area contributed by atoms with Crippen molar-refractivity contribution in [2.24, 2.45) is 17.8 Å². The summed E-state index contributed by atoms with van der Waals surface area (Å²) in [6, 6.07) is 8.37. The lowest BCUT2D eigenvalue weighted by atomic mass is 9.96. The molecule has 2 aliphatic rings. The van der Waals surface area contributed by atoms with Crippen molar-refractivity contribution in [1.82, 2.24) is 19.5 Å². The second-order valence-electron chi connectivity index (χ2n) is 7.89. The minimum atomic E-state index is -0.0502. The minimum Gasteiger partial charge on any atom is -0.405 e. The molecular weight excluding hydrogens is 408 g/mol. The van der Waals surface area contributed by atoms with Crippen molar-refractivity contribution in [2.75, 3.05) is 26.2 Å². The molecule has 0 saturated heterocycles. The molecule has 0 atom stereocenters. The van der Waals surface area contributed by atoms with Crippen molar-refractivity contribution in [1.29, 1.82) is 0 Å². The van der Waals surface area contributed by atoms with Gasteiger partial charge in [0.15, 0.2) is 0 Å². The number of hydrogen-bond donors (Lipinski definition) is 3. The Morgan fingerprint density at radius 1 is 1.42 bits per heavy atom. The number of nitrogens with two attached hydrogens (primary N) is 1. The number of benzene rings is 1. The number of carbonyl (C=O) groups is 1. The summed E-state index contributed by atoms with van der Waals surface area (Å²) in [5, 5.41) is 6.55. The molecule has 0 fully saturated rings. The van der Waals surface area contributed by atoms with Crippen LogP contribution in [0.15, 0.2) is 46.4 Å². The molecule has 1 amide bonds. The Balaban J connectivity index is 1.43. The molecule has 2 aliphatic heterocycles. The fourth-order valence-electron chi connectivity index (χ4n) is 4.05. The predicted octanol–water partition coefficient (Wildman–Crippen LogP) is 2.15. The van der Waals surface area contributed by atoms with Gasteiger partial charge in [-0.15, -0.1) is 0 Å². The topological polar surface area (TPSA) is 87.7 Å². The summed E-state index contributed by atoms with van der Waals surface area (Å²) in [7, 11) is 1.95. The molecule has 1 aromatic heterocycles. The molecule has 0 bridgehead atoms. The predicted molar refractivity (Wildman–Crippen MR) is 126 cm³/mol. The van der Waals surface area contributed by atoms with Crippen LogP contribution in [0.25, 0.3) is 0 Å². The highest BCUT2D eigenvalue weighted by molar-refractivity contribution is 7.97. The van der Waals surface area contributed by atoms with Crippen LogP contribution >= 0.6 is 11.9 Å². The molecule has 4 N–H and O–H groups in total. The van der Waals surface area contributed by atoms with Gasteiger partial charge in [0.25, 0.3) is 5.91 Å². The first kappa shape index (κ1) is 21.7. The largest absolute Gasteiger partial charge is 0.405 e. The van der Waals surface area contributed by atoms with Gasteiger partial charge in [0.2, 0.25) is 0 Å². The summed E-state index contributed by atoms with van der Waals surface area (Å²) in [5.41, 5.74) is 12.1. The fourth-order valence-corrected chi connectivity index (χ4v) is 5.13. The highest BCUT2D eigenvalue weighted by Gasteiger charge is 2.20. The van der Waals surface area contributed by atoms with Gasteiger partial charge in [-0.3, -0.25) is 9.79 Å². The lowest BCUT2D eigenvalue weighted by Crippen LogP contribution is -2.30. The molecule has 0 spiro atoms. The van der Waals surface area contributed by atoms with Crippen LogP contribution in [0, 0.1) is 6.92 Å². The maximum Gasteiger partial charge on any atom is 0.268 e. The maximum atomic E-state index is 13.0. The number of carbonyl (C=O) groups excluding carboxylic acids is 1. The van der Waals surface area contributed by atoms with Crippen molar-refractivity contribution < 1.29 is 4.79 Å². The molecule has 4 rings (SSSR count). The van der Waals surface area contributed by atoms with Crippen molar-refractivity contribution in [3.63, 3.8) is 0 Å². The van der Waals surface area contributed by atoms with E-state index in [0.717, 1.165) is 55.4 Å². The van der Waals surface area contributed by atoms with E-state index >= 15 is 0 Å². The Morgan fingerprint density at radius 2 is 2.29 bits per heavy atom. The number of nitrogens with one attached hydrogen (secondary N) is 2. The van der Waals surface area contributed by atoms with E-state index in [2.05, 4.69) is 45.1 Å². The van der Waals surface area contributed by atoms with Crippen molar-refractivity contribution in [2.45, 2.75) is 31.3 Å². The molecule has 0 saturated carbocycles. The number of nitrogens with zero attached hydrogens (tertiary/aromatic N) is 3. The minimum absolute atomic E-state index is 0.0502. The van der Waals surface area contributed by atoms with Gasteiger partial charge in [0, 0.05) is 37.3 Å². The fraction of sp³-hybridized carbons (Fsp3) is 0.391. The number of hydrogen-bond acceptors (Lipinski definition) is 6. The quantitative estimate of drug-likeness (QED) is 0.602. The molecular formula is C23H30N6OS. The highest BCUT2D eigenvalue weighted by Crippen LogP contribution is 2.29. The summed E-state index contributed by atoms with van der Waals surface area (Å²) in [6.45, 7) is 6.83. The van der Waals surface area contributed by atoms with Crippen molar-refractivity contribution in [3.05, 3.63) is 64.6 Å². The second kappa shape index (κ2) is 9.72. The standard InChI is InChI=1S/C23H30N6OS/c1-16-22(31-29-11-10-26-19(15-29)6-8-24)12-21(28(16)2)23(30)27-13-18-5-3-4-17-7-9-25-14-20(17)18/h3-6,8,12,25H,7,9-11,13-15,24H2,1-2H3,(H,27,30)/b8-6-. The molecule has 7 nitrogen and oxygen atoms in total. The summed E-state index contributed by atoms with van der Waals surface area (Å²) in [6.07, 6.45) is 4.42. The number of aliphatic imine (C=N–C) groups is 1. The first-order valence-electron chi connectivity index (χ1n) is 10.7. The van der Waals surface area contributed by atoms with Crippen LogP contribution in [0.3, 0.4) is 0 Å². The summed E-state index contributed by atoms with van der Waals surface area (Å²) < 4.78 is 4.23. The molecule has 1 aromatic carbocycles. The third-order valence-electron chi connectivity index (χ3n) is 5.92. The molecule has 8 heteroatoms. The first-order valence-corrected chi connectivity index (χ1v) is 11.4. The van der Waals surface area contributed by atoms with Gasteiger partial charge in [-0.1, -0.05) is 18.2 Å². The Kier molecular flexibility index (Phi) is 6.80. The highest BCUT2D eigenvalue weighted by atomic mass is 32.2. The van der Waals surface area contributed by atoms with Crippen molar-refractivity contribution in [3.8, 4) is 0 Å². The number of rotatable bonds is 6. The SMILES string of the molecule is Cc1c(SN2CCN=C(/C=C\N)C2)cc(C(=O)NCc2cccc3c2CNCC3)n1C. The Labute approximate surface area is 187 Å². The molecule has 0 unspecified atom stereocenters. The molecule has 3 heterocycles. The summed E-state index contributed by atoms with van der Waals surface area (Å²) in [4.78, 5) is 18.6. The average molecular weight is 439 g/mol. The second-order valence-corrected chi connectivity index (χ2v) is 9.03. The molecule has 31 heavy (non-hydrogen) atoms. The van der Waals surface area contributed by atoms with Crippen LogP contribution in [0.1, 0.15) is 32.9 Å². The van der Waals surface area contributed by atoms with Gasteiger partial charge in [0.05, 0.1) is 18.8 Å².